The molecule has 0 spiro atoms. The smallest absolute Gasteiger partial charge is 0.149 e. The maximum atomic E-state index is 4.42. The van der Waals surface area contributed by atoms with Crippen LogP contribution in [0.25, 0.3) is 0 Å². The van der Waals surface area contributed by atoms with Crippen molar-refractivity contribution in [2.24, 2.45) is 0 Å². The van der Waals surface area contributed by atoms with Crippen molar-refractivity contribution in [3.8, 4) is 0 Å². The van der Waals surface area contributed by atoms with Gasteiger partial charge >= 0.3 is 0 Å². The molecule has 1 aliphatic rings. The van der Waals surface area contributed by atoms with E-state index in [-0.39, 0.29) is 6.04 Å². The zero-order valence-corrected chi connectivity index (χ0v) is 12.6. The zero-order chi connectivity index (χ0) is 14.5. The lowest BCUT2D eigenvalue weighted by molar-refractivity contribution is 0.419. The number of aromatic nitrogens is 2. The van der Waals surface area contributed by atoms with Crippen LogP contribution in [-0.4, -0.2) is 16.5 Å². The molecule has 1 unspecified atom stereocenters. The van der Waals surface area contributed by atoms with Gasteiger partial charge in [-0.2, -0.15) is 0 Å². The Balaban J connectivity index is 1.81. The summed E-state index contributed by atoms with van der Waals surface area (Å²) < 4.78 is 0. The number of hydrogen-bond acceptors (Lipinski definition) is 3. The van der Waals surface area contributed by atoms with Crippen molar-refractivity contribution in [3.63, 3.8) is 0 Å². The van der Waals surface area contributed by atoms with Crippen LogP contribution >= 0.6 is 0 Å². The molecule has 0 radical (unpaired) electrons. The Hall–Kier alpha value is -1.74. The minimum atomic E-state index is 0.0848. The quantitative estimate of drug-likeness (QED) is 0.874. The average molecular weight is 281 g/mol. The summed E-state index contributed by atoms with van der Waals surface area (Å²) in [6.45, 7) is 3.14. The van der Waals surface area contributed by atoms with Crippen molar-refractivity contribution in [2.75, 3.05) is 6.54 Å². The highest BCUT2D eigenvalue weighted by Gasteiger charge is 2.20. The largest absolute Gasteiger partial charge is 0.304 e. The number of benzene rings is 1. The maximum Gasteiger partial charge on any atom is 0.149 e. The summed E-state index contributed by atoms with van der Waals surface area (Å²) in [6.07, 6.45) is 8.79. The molecular formula is C18H23N3. The second kappa shape index (κ2) is 6.81. The van der Waals surface area contributed by atoms with Crippen LogP contribution < -0.4 is 5.32 Å². The van der Waals surface area contributed by atoms with Gasteiger partial charge < -0.3 is 5.32 Å². The van der Waals surface area contributed by atoms with Gasteiger partial charge in [-0.15, -0.1) is 0 Å². The number of nitrogens with one attached hydrogen (secondary N) is 1. The molecular weight excluding hydrogens is 258 g/mol. The summed E-state index contributed by atoms with van der Waals surface area (Å²) in [7, 11) is 0. The van der Waals surface area contributed by atoms with Gasteiger partial charge in [-0.3, -0.25) is 0 Å². The fraction of sp³-hybridized carbons (Fsp3) is 0.444. The molecule has 1 aromatic heterocycles. The van der Waals surface area contributed by atoms with Crippen molar-refractivity contribution >= 4 is 0 Å². The Labute approximate surface area is 126 Å². The SMILES string of the molecule is CCCNC(c1ccc(C2CCC2)cc1)c1ncccn1. The van der Waals surface area contributed by atoms with Crippen LogP contribution in [0.15, 0.2) is 42.7 Å². The van der Waals surface area contributed by atoms with E-state index >= 15 is 0 Å². The van der Waals surface area contributed by atoms with Gasteiger partial charge in [0.1, 0.15) is 5.82 Å². The number of nitrogens with zero attached hydrogens (tertiary/aromatic N) is 2. The summed E-state index contributed by atoms with van der Waals surface area (Å²) in [6, 6.07) is 11.0. The minimum absolute atomic E-state index is 0.0848. The molecule has 1 saturated carbocycles. The van der Waals surface area contributed by atoms with Gasteiger partial charge in [0.25, 0.3) is 0 Å². The first kappa shape index (κ1) is 14.2. The average Bonchev–Trinajstić information content (AvgIpc) is 2.49. The van der Waals surface area contributed by atoms with Crippen LogP contribution in [-0.2, 0) is 0 Å². The summed E-state index contributed by atoms with van der Waals surface area (Å²) in [5, 5.41) is 3.55. The van der Waals surface area contributed by atoms with Crippen LogP contribution in [0.1, 0.15) is 61.5 Å². The van der Waals surface area contributed by atoms with Crippen LogP contribution in [0.4, 0.5) is 0 Å². The minimum Gasteiger partial charge on any atom is -0.304 e. The molecule has 0 bridgehead atoms. The molecule has 1 aliphatic carbocycles. The van der Waals surface area contributed by atoms with Crippen LogP contribution in [0.2, 0.25) is 0 Å². The van der Waals surface area contributed by atoms with Crippen molar-refractivity contribution < 1.29 is 0 Å². The lowest BCUT2D eigenvalue weighted by atomic mass is 9.80. The Morgan fingerprint density at radius 3 is 2.43 bits per heavy atom. The second-order valence-electron chi connectivity index (χ2n) is 5.79. The molecule has 3 rings (SSSR count). The lowest BCUT2D eigenvalue weighted by Crippen LogP contribution is -2.25. The normalized spacial score (nSPS) is 16.4. The molecule has 110 valence electrons. The van der Waals surface area contributed by atoms with E-state index in [9.17, 15) is 0 Å². The lowest BCUT2D eigenvalue weighted by Gasteiger charge is -2.26. The predicted molar refractivity (Wildman–Crippen MR) is 85.2 cm³/mol. The predicted octanol–water partition coefficient (Wildman–Crippen LogP) is 3.83. The van der Waals surface area contributed by atoms with Gasteiger partial charge in [0.05, 0.1) is 6.04 Å². The van der Waals surface area contributed by atoms with Crippen LogP contribution in [0.5, 0.6) is 0 Å². The number of rotatable bonds is 6. The molecule has 1 atom stereocenters. The van der Waals surface area contributed by atoms with Crippen molar-refractivity contribution in [3.05, 3.63) is 59.7 Å². The topological polar surface area (TPSA) is 37.8 Å². The van der Waals surface area contributed by atoms with Gasteiger partial charge in [-0.1, -0.05) is 37.6 Å². The zero-order valence-electron chi connectivity index (χ0n) is 12.6. The molecule has 1 fully saturated rings. The summed E-state index contributed by atoms with van der Waals surface area (Å²) in [5.74, 6) is 1.64. The molecule has 1 heterocycles. The standard InChI is InChI=1S/C18H23N3/c1-2-11-19-17(18-20-12-4-13-21-18)16-9-7-15(8-10-16)14-5-3-6-14/h4,7-10,12-14,17,19H,2-3,5-6,11H2,1H3. The molecule has 1 N–H and O–H groups in total. The molecule has 3 heteroatoms. The Morgan fingerprint density at radius 2 is 1.86 bits per heavy atom. The summed E-state index contributed by atoms with van der Waals surface area (Å²) >= 11 is 0. The highest BCUT2D eigenvalue weighted by molar-refractivity contribution is 5.31. The highest BCUT2D eigenvalue weighted by Crippen LogP contribution is 2.36. The van der Waals surface area contributed by atoms with Gasteiger partial charge in [0.2, 0.25) is 0 Å². The van der Waals surface area contributed by atoms with Crippen molar-refractivity contribution in [1.82, 2.24) is 15.3 Å². The van der Waals surface area contributed by atoms with E-state index in [4.69, 9.17) is 0 Å². The first-order valence-electron chi connectivity index (χ1n) is 7.98. The van der Waals surface area contributed by atoms with E-state index < -0.39 is 0 Å². The van der Waals surface area contributed by atoms with E-state index in [1.54, 1.807) is 0 Å². The summed E-state index contributed by atoms with van der Waals surface area (Å²) in [4.78, 5) is 8.84. The Bertz CT molecular complexity index is 546. The van der Waals surface area contributed by atoms with Gasteiger partial charge in [-0.25, -0.2) is 9.97 Å². The third-order valence-corrected chi connectivity index (χ3v) is 4.29. The van der Waals surface area contributed by atoms with E-state index in [1.807, 2.05) is 18.5 Å². The van der Waals surface area contributed by atoms with Gasteiger partial charge in [0, 0.05) is 12.4 Å². The molecule has 1 aromatic carbocycles. The first-order valence-corrected chi connectivity index (χ1v) is 7.98. The monoisotopic (exact) mass is 281 g/mol. The van der Waals surface area contributed by atoms with E-state index in [1.165, 1.54) is 30.4 Å². The highest BCUT2D eigenvalue weighted by atomic mass is 15.0. The number of hydrogen-bond donors (Lipinski definition) is 1. The molecule has 0 aliphatic heterocycles. The second-order valence-corrected chi connectivity index (χ2v) is 5.79. The van der Waals surface area contributed by atoms with E-state index in [0.717, 1.165) is 24.7 Å². The Kier molecular flexibility index (Phi) is 4.61. The first-order chi connectivity index (χ1) is 10.4. The third kappa shape index (κ3) is 3.30. The van der Waals surface area contributed by atoms with E-state index in [0.29, 0.717) is 0 Å². The fourth-order valence-electron chi connectivity index (χ4n) is 2.81. The molecule has 0 saturated heterocycles. The maximum absolute atomic E-state index is 4.42. The molecule has 2 aromatic rings. The molecule has 3 nitrogen and oxygen atoms in total. The van der Waals surface area contributed by atoms with E-state index in [2.05, 4.69) is 46.5 Å². The molecule has 0 amide bonds. The summed E-state index contributed by atoms with van der Waals surface area (Å²) in [5.41, 5.74) is 2.73. The van der Waals surface area contributed by atoms with Gasteiger partial charge in [-0.05, 0) is 48.9 Å². The Morgan fingerprint density at radius 1 is 1.14 bits per heavy atom. The fourth-order valence-corrected chi connectivity index (χ4v) is 2.81. The van der Waals surface area contributed by atoms with Crippen LogP contribution in [0, 0.1) is 0 Å². The van der Waals surface area contributed by atoms with Crippen LogP contribution in [0.3, 0.4) is 0 Å². The van der Waals surface area contributed by atoms with Crippen molar-refractivity contribution in [1.29, 1.82) is 0 Å². The molecule has 21 heavy (non-hydrogen) atoms. The van der Waals surface area contributed by atoms with Gasteiger partial charge in [0.15, 0.2) is 0 Å². The third-order valence-electron chi connectivity index (χ3n) is 4.29. The van der Waals surface area contributed by atoms with Crippen molar-refractivity contribution in [2.45, 2.75) is 44.6 Å².